The third-order valence-corrected chi connectivity index (χ3v) is 4.82. The largest absolute Gasteiger partial charge is 0.481 e. The minimum atomic E-state index is -3.65. The number of hydrogen-bond acceptors (Lipinski definition) is 6. The summed E-state index contributed by atoms with van der Waals surface area (Å²) in [7, 11) is -3.65. The first kappa shape index (κ1) is 20.5. The lowest BCUT2D eigenvalue weighted by Crippen LogP contribution is -2.35. The van der Waals surface area contributed by atoms with Crippen LogP contribution in [0.5, 0.6) is 11.5 Å². The van der Waals surface area contributed by atoms with E-state index < -0.39 is 19.5 Å². The van der Waals surface area contributed by atoms with Gasteiger partial charge in [-0.05, 0) is 24.3 Å². The Labute approximate surface area is 157 Å². The molecule has 27 heavy (non-hydrogen) atoms. The van der Waals surface area contributed by atoms with E-state index in [0.717, 1.165) is 0 Å². The van der Waals surface area contributed by atoms with Gasteiger partial charge in [0.15, 0.2) is 0 Å². The van der Waals surface area contributed by atoms with Crippen molar-refractivity contribution in [1.29, 1.82) is 0 Å². The van der Waals surface area contributed by atoms with Gasteiger partial charge in [0, 0.05) is 6.54 Å². The molecule has 2 rings (SSSR count). The van der Waals surface area contributed by atoms with Gasteiger partial charge < -0.3 is 19.5 Å². The molecular weight excluding hydrogens is 371 g/mol. The summed E-state index contributed by atoms with van der Waals surface area (Å²) < 4.78 is 24.2. The van der Waals surface area contributed by atoms with E-state index in [-0.39, 0.29) is 25.8 Å². The van der Waals surface area contributed by atoms with Gasteiger partial charge in [-0.15, -0.1) is 0 Å². The fourth-order valence-corrected chi connectivity index (χ4v) is 3.48. The van der Waals surface area contributed by atoms with Crippen LogP contribution in [0.3, 0.4) is 0 Å². The zero-order valence-corrected chi connectivity index (χ0v) is 15.4. The molecule has 0 saturated carbocycles. The average Bonchev–Trinajstić information content (AvgIpc) is 2.63. The topological polar surface area (TPSA) is 114 Å². The third-order valence-electron chi connectivity index (χ3n) is 3.23. The van der Waals surface area contributed by atoms with Crippen LogP contribution in [0, 0.1) is 0 Å². The van der Waals surface area contributed by atoms with Gasteiger partial charge in [0.1, 0.15) is 17.8 Å². The van der Waals surface area contributed by atoms with Gasteiger partial charge in [-0.25, -0.2) is 4.57 Å². The molecule has 3 N–H and O–H groups in total. The van der Waals surface area contributed by atoms with E-state index in [1.807, 2.05) is 0 Å². The summed E-state index contributed by atoms with van der Waals surface area (Å²) in [5.41, 5.74) is 0. The molecule has 1 amide bonds. The second-order valence-corrected chi connectivity index (χ2v) is 7.40. The molecule has 0 fully saturated rings. The van der Waals surface area contributed by atoms with Crippen molar-refractivity contribution in [2.45, 2.75) is 6.42 Å². The van der Waals surface area contributed by atoms with E-state index in [4.69, 9.17) is 14.2 Å². The Kier molecular flexibility index (Phi) is 7.85. The highest BCUT2D eigenvalue weighted by Gasteiger charge is 2.28. The van der Waals surface area contributed by atoms with Crippen LogP contribution in [0.2, 0.25) is 0 Å². The van der Waals surface area contributed by atoms with E-state index in [2.05, 4.69) is 10.6 Å². The zero-order chi connectivity index (χ0) is 19.5. The van der Waals surface area contributed by atoms with Gasteiger partial charge in [-0.1, -0.05) is 36.4 Å². The Bertz CT molecular complexity index is 739. The maximum absolute atomic E-state index is 13.1. The molecule has 9 heteroatoms. The molecule has 2 aromatic carbocycles. The van der Waals surface area contributed by atoms with Gasteiger partial charge in [0.25, 0.3) is 0 Å². The van der Waals surface area contributed by atoms with Crippen molar-refractivity contribution in [3.8, 4) is 11.5 Å². The van der Waals surface area contributed by atoms with Crippen molar-refractivity contribution < 1.29 is 28.3 Å². The van der Waals surface area contributed by atoms with Crippen molar-refractivity contribution in [1.82, 2.24) is 10.6 Å². The first-order valence-electron chi connectivity index (χ1n) is 8.24. The van der Waals surface area contributed by atoms with Crippen LogP contribution in [0.15, 0.2) is 60.7 Å². The Morgan fingerprint density at radius 3 is 1.93 bits per heavy atom. The van der Waals surface area contributed by atoms with Crippen molar-refractivity contribution in [2.24, 2.45) is 0 Å². The molecule has 0 bridgehead atoms. The molecule has 2 aromatic rings. The van der Waals surface area contributed by atoms with Crippen LogP contribution in [0.1, 0.15) is 6.42 Å². The van der Waals surface area contributed by atoms with Crippen LogP contribution in [0.25, 0.3) is 0 Å². The number of hydrogen-bond donors (Lipinski definition) is 3. The van der Waals surface area contributed by atoms with Crippen LogP contribution >= 0.6 is 7.60 Å². The van der Waals surface area contributed by atoms with E-state index in [1.165, 1.54) is 0 Å². The first-order valence-corrected chi connectivity index (χ1v) is 9.97. The summed E-state index contributed by atoms with van der Waals surface area (Å²) in [6, 6.07) is 17.2. The molecule has 0 heterocycles. The van der Waals surface area contributed by atoms with Crippen LogP contribution in [0.4, 0.5) is 0 Å². The number of benzene rings is 2. The molecule has 0 spiro atoms. The van der Waals surface area contributed by atoms with Gasteiger partial charge in [-0.3, -0.25) is 14.9 Å². The molecule has 0 atom stereocenters. The highest BCUT2D eigenvalue weighted by Crippen LogP contribution is 2.47. The lowest BCUT2D eigenvalue weighted by atomic mass is 10.3. The van der Waals surface area contributed by atoms with Gasteiger partial charge in [0.05, 0.1) is 13.0 Å². The molecule has 0 saturated heterocycles. The number of rotatable bonds is 11. The molecule has 8 nitrogen and oxygen atoms in total. The number of carboxylic acid groups (broad SMARTS) is 1. The quantitative estimate of drug-likeness (QED) is 0.503. The monoisotopic (exact) mass is 392 g/mol. The molecule has 0 aliphatic rings. The summed E-state index contributed by atoms with van der Waals surface area (Å²) in [5, 5.41) is 13.7. The van der Waals surface area contributed by atoms with Crippen LogP contribution < -0.4 is 19.7 Å². The molecule has 0 radical (unpaired) electrons. The fraction of sp³-hybridized carbons (Fsp3) is 0.222. The Morgan fingerprint density at radius 2 is 1.44 bits per heavy atom. The molecule has 0 aromatic heterocycles. The van der Waals surface area contributed by atoms with Crippen molar-refractivity contribution >= 4 is 19.5 Å². The second-order valence-electron chi connectivity index (χ2n) is 5.50. The zero-order valence-electron chi connectivity index (χ0n) is 14.5. The molecule has 0 aliphatic heterocycles. The third kappa shape index (κ3) is 7.94. The Morgan fingerprint density at radius 1 is 0.926 bits per heavy atom. The van der Waals surface area contributed by atoms with Crippen molar-refractivity contribution in [3.63, 3.8) is 0 Å². The molecule has 0 unspecified atom stereocenters. The molecular formula is C18H21N2O6P. The lowest BCUT2D eigenvalue weighted by molar-refractivity contribution is -0.136. The number of aliphatic carboxylic acids is 1. The summed E-state index contributed by atoms with van der Waals surface area (Å²) in [6.45, 7) is -0.131. The minimum absolute atomic E-state index is 0.0224. The van der Waals surface area contributed by atoms with E-state index >= 15 is 0 Å². The summed E-state index contributed by atoms with van der Waals surface area (Å²) in [6.07, 6.45) is -0.373. The number of carboxylic acids is 1. The summed E-state index contributed by atoms with van der Waals surface area (Å²) >= 11 is 0. The van der Waals surface area contributed by atoms with E-state index in [0.29, 0.717) is 11.5 Å². The maximum Gasteiger partial charge on any atom is 0.444 e. The number of amides is 1. The number of para-hydroxylation sites is 2. The summed E-state index contributed by atoms with van der Waals surface area (Å²) in [4.78, 5) is 22.1. The van der Waals surface area contributed by atoms with E-state index in [1.54, 1.807) is 60.7 Å². The molecule has 0 aliphatic carbocycles. The Balaban J connectivity index is 1.94. The number of carbonyl (C=O) groups excluding carboxylic acids is 1. The standard InChI is InChI=1S/C18H21N2O6P/c21-17(20-12-11-18(22)23)13-19-14-27(24,25-15-7-3-1-4-8-15)26-16-9-5-2-6-10-16/h1-10,19H,11-14H2,(H,20,21)(H,22,23). The average molecular weight is 392 g/mol. The van der Waals surface area contributed by atoms with Gasteiger partial charge in [0.2, 0.25) is 5.91 Å². The smallest absolute Gasteiger partial charge is 0.444 e. The lowest BCUT2D eigenvalue weighted by Gasteiger charge is -2.20. The minimum Gasteiger partial charge on any atom is -0.481 e. The first-order chi connectivity index (χ1) is 13.0. The second kappa shape index (κ2) is 10.4. The molecule has 144 valence electrons. The van der Waals surface area contributed by atoms with Crippen molar-refractivity contribution in [2.75, 3.05) is 19.4 Å². The predicted molar refractivity (Wildman–Crippen MR) is 99.9 cm³/mol. The highest BCUT2D eigenvalue weighted by molar-refractivity contribution is 7.54. The highest BCUT2D eigenvalue weighted by atomic mass is 31.2. The Hall–Kier alpha value is -2.83. The SMILES string of the molecule is O=C(O)CCNC(=O)CNCP(=O)(Oc1ccccc1)Oc1ccccc1. The van der Waals surface area contributed by atoms with Crippen molar-refractivity contribution in [3.05, 3.63) is 60.7 Å². The predicted octanol–water partition coefficient (Wildman–Crippen LogP) is 2.48. The fourth-order valence-electron chi connectivity index (χ4n) is 2.04. The number of nitrogens with one attached hydrogen (secondary N) is 2. The van der Waals surface area contributed by atoms with Crippen LogP contribution in [-0.2, 0) is 14.2 Å². The normalized spacial score (nSPS) is 10.8. The van der Waals surface area contributed by atoms with Gasteiger partial charge >= 0.3 is 13.6 Å². The van der Waals surface area contributed by atoms with E-state index in [9.17, 15) is 14.2 Å². The maximum atomic E-state index is 13.1. The van der Waals surface area contributed by atoms with Gasteiger partial charge in [-0.2, -0.15) is 0 Å². The summed E-state index contributed by atoms with van der Waals surface area (Å²) in [5.74, 6) is -0.656. The van der Waals surface area contributed by atoms with Crippen LogP contribution in [-0.4, -0.2) is 36.4 Å². The number of carbonyl (C=O) groups is 2.